The largest absolute Gasteiger partial charge is 0.491 e. The molecule has 0 spiro atoms. The van der Waals surface area contributed by atoms with E-state index in [-0.39, 0.29) is 11.3 Å². The zero-order chi connectivity index (χ0) is 22.5. The van der Waals surface area contributed by atoms with Crippen LogP contribution in [0.4, 0.5) is 8.78 Å². The predicted molar refractivity (Wildman–Crippen MR) is 125 cm³/mol. The van der Waals surface area contributed by atoms with Crippen LogP contribution in [0.15, 0.2) is 48.6 Å². The van der Waals surface area contributed by atoms with Crippen LogP contribution >= 0.6 is 0 Å². The van der Waals surface area contributed by atoms with Gasteiger partial charge >= 0.3 is 0 Å². The zero-order valence-corrected chi connectivity index (χ0v) is 19.2. The van der Waals surface area contributed by atoms with Crippen LogP contribution in [0.3, 0.4) is 0 Å². The molecule has 0 N–H and O–H groups in total. The monoisotopic (exact) mass is 440 g/mol. The normalized spacial score (nSPS) is 26.4. The van der Waals surface area contributed by atoms with E-state index in [9.17, 15) is 8.78 Å². The zero-order valence-electron chi connectivity index (χ0n) is 19.2. The van der Waals surface area contributed by atoms with Crippen LogP contribution < -0.4 is 4.74 Å². The maximum absolute atomic E-state index is 14.5. The van der Waals surface area contributed by atoms with E-state index in [1.807, 2.05) is 12.1 Å². The minimum Gasteiger partial charge on any atom is -0.491 e. The first-order chi connectivity index (χ1) is 15.6. The van der Waals surface area contributed by atoms with Crippen molar-refractivity contribution in [1.29, 1.82) is 0 Å². The Hall–Kier alpha value is -2.20. The van der Waals surface area contributed by atoms with E-state index in [1.165, 1.54) is 37.3 Å². The molecule has 2 aromatic carbocycles. The topological polar surface area (TPSA) is 18.5 Å². The minimum atomic E-state index is -0.922. The summed E-state index contributed by atoms with van der Waals surface area (Å²) >= 11 is 0. The minimum absolute atomic E-state index is 0.0403. The molecular formula is C28H34F2O2. The van der Waals surface area contributed by atoms with Gasteiger partial charge in [0.1, 0.15) is 0 Å². The molecule has 2 unspecified atom stereocenters. The van der Waals surface area contributed by atoms with Crippen LogP contribution in [0.25, 0.3) is 11.1 Å². The molecule has 1 heterocycles. The molecule has 2 aromatic rings. The van der Waals surface area contributed by atoms with Crippen LogP contribution in [-0.4, -0.2) is 19.3 Å². The lowest BCUT2D eigenvalue weighted by molar-refractivity contribution is -0.0470. The first-order valence-electron chi connectivity index (χ1n) is 12.1. The van der Waals surface area contributed by atoms with E-state index in [1.54, 1.807) is 13.0 Å². The molecule has 2 nitrogen and oxygen atoms in total. The Bertz CT molecular complexity index is 906. The molecule has 172 valence electrons. The highest BCUT2D eigenvalue weighted by atomic mass is 19.2. The van der Waals surface area contributed by atoms with E-state index in [4.69, 9.17) is 9.47 Å². The van der Waals surface area contributed by atoms with Gasteiger partial charge in [0, 0.05) is 11.5 Å². The number of hydrogen-bond acceptors (Lipinski definition) is 2. The van der Waals surface area contributed by atoms with Gasteiger partial charge in [0.2, 0.25) is 5.82 Å². The summed E-state index contributed by atoms with van der Waals surface area (Å²) in [6.45, 7) is 4.99. The highest BCUT2D eigenvalue weighted by molar-refractivity contribution is 5.65. The van der Waals surface area contributed by atoms with E-state index in [0.717, 1.165) is 19.4 Å². The van der Waals surface area contributed by atoms with Gasteiger partial charge in [0.15, 0.2) is 11.6 Å². The maximum Gasteiger partial charge on any atom is 0.201 e. The number of ether oxygens (including phenoxy) is 2. The molecule has 1 aliphatic heterocycles. The van der Waals surface area contributed by atoms with Crippen molar-refractivity contribution >= 4 is 0 Å². The fraction of sp³-hybridized carbons (Fsp3) is 0.500. The lowest BCUT2D eigenvalue weighted by atomic mass is 9.75. The molecule has 4 rings (SSSR count). The van der Waals surface area contributed by atoms with Crippen LogP contribution in [0, 0.1) is 23.5 Å². The standard InChI is InChI=1S/C28H34F2O2/c1-3-5-19-6-16-25(32-18-19)23-13-9-21(10-14-23)20-7-11-22(12-8-20)24-15-17-26(31-4-2)28(30)27(24)29/h3,5,7-8,11-12,15,17,19,21,23,25H,4,6,9-10,13-14,16,18H2,1-2H3. The second kappa shape index (κ2) is 10.6. The Labute approximate surface area is 190 Å². The van der Waals surface area contributed by atoms with Gasteiger partial charge in [0.05, 0.1) is 19.3 Å². The average Bonchev–Trinajstić information content (AvgIpc) is 2.83. The Morgan fingerprint density at radius 2 is 1.69 bits per heavy atom. The van der Waals surface area contributed by atoms with Crippen molar-refractivity contribution in [3.63, 3.8) is 0 Å². The Balaban J connectivity index is 1.35. The van der Waals surface area contributed by atoms with E-state index in [2.05, 4.69) is 31.2 Å². The van der Waals surface area contributed by atoms with Gasteiger partial charge in [-0.25, -0.2) is 4.39 Å². The van der Waals surface area contributed by atoms with Gasteiger partial charge in [-0.3, -0.25) is 0 Å². The highest BCUT2D eigenvalue weighted by Crippen LogP contribution is 2.40. The third kappa shape index (κ3) is 5.06. The van der Waals surface area contributed by atoms with Crippen molar-refractivity contribution in [2.24, 2.45) is 11.8 Å². The van der Waals surface area contributed by atoms with Crippen LogP contribution in [0.2, 0.25) is 0 Å². The summed E-state index contributed by atoms with van der Waals surface area (Å²) in [7, 11) is 0. The summed E-state index contributed by atoms with van der Waals surface area (Å²) in [6, 6.07) is 11.1. The molecule has 0 amide bonds. The van der Waals surface area contributed by atoms with Gasteiger partial charge in [-0.15, -0.1) is 0 Å². The lowest BCUT2D eigenvalue weighted by Crippen LogP contribution is -2.33. The van der Waals surface area contributed by atoms with E-state index < -0.39 is 11.6 Å². The molecule has 32 heavy (non-hydrogen) atoms. The fourth-order valence-electron chi connectivity index (χ4n) is 5.37. The summed E-state index contributed by atoms with van der Waals surface area (Å²) in [5, 5.41) is 0. The number of hydrogen-bond donors (Lipinski definition) is 0. The van der Waals surface area contributed by atoms with Crippen molar-refractivity contribution < 1.29 is 18.3 Å². The summed E-state index contributed by atoms with van der Waals surface area (Å²) in [6.07, 6.45) is 11.9. The molecule has 2 fully saturated rings. The Kier molecular flexibility index (Phi) is 7.62. The first kappa shape index (κ1) is 23.0. The third-order valence-corrected chi connectivity index (χ3v) is 7.15. The summed E-state index contributed by atoms with van der Waals surface area (Å²) < 4.78 is 40.1. The molecule has 0 bridgehead atoms. The summed E-state index contributed by atoms with van der Waals surface area (Å²) in [5.74, 6) is -0.0390. The smallest absolute Gasteiger partial charge is 0.201 e. The van der Waals surface area contributed by atoms with Crippen LogP contribution in [0.1, 0.15) is 63.9 Å². The van der Waals surface area contributed by atoms with Gasteiger partial charge in [0.25, 0.3) is 0 Å². The molecule has 1 saturated carbocycles. The second-order valence-electron chi connectivity index (χ2n) is 9.14. The maximum atomic E-state index is 14.5. The molecule has 2 atom stereocenters. The van der Waals surface area contributed by atoms with Crippen molar-refractivity contribution in [3.05, 3.63) is 65.7 Å². The van der Waals surface area contributed by atoms with E-state index >= 15 is 0 Å². The predicted octanol–water partition coefficient (Wildman–Crippen LogP) is 7.68. The molecule has 1 aliphatic carbocycles. The number of halogens is 2. The molecule has 4 heteroatoms. The lowest BCUT2D eigenvalue weighted by Gasteiger charge is -2.37. The second-order valence-corrected chi connectivity index (χ2v) is 9.14. The SMILES string of the molecule is CC=CC1CCC(C2CCC(c3ccc(-c4ccc(OCC)c(F)c4F)cc3)CC2)OC1. The van der Waals surface area contributed by atoms with Crippen molar-refractivity contribution in [1.82, 2.24) is 0 Å². The van der Waals surface area contributed by atoms with Crippen LogP contribution in [-0.2, 0) is 4.74 Å². The Morgan fingerprint density at radius 1 is 0.938 bits per heavy atom. The number of benzene rings is 2. The molecule has 0 radical (unpaired) electrons. The Morgan fingerprint density at radius 3 is 2.31 bits per heavy atom. The van der Waals surface area contributed by atoms with Gasteiger partial charge in [-0.05, 0) is 87.5 Å². The number of allylic oxidation sites excluding steroid dienone is 1. The van der Waals surface area contributed by atoms with Crippen molar-refractivity contribution in [3.8, 4) is 16.9 Å². The third-order valence-electron chi connectivity index (χ3n) is 7.15. The van der Waals surface area contributed by atoms with Gasteiger partial charge in [-0.1, -0.05) is 36.4 Å². The summed E-state index contributed by atoms with van der Waals surface area (Å²) in [4.78, 5) is 0. The molecule has 1 saturated heterocycles. The fourth-order valence-corrected chi connectivity index (χ4v) is 5.37. The number of rotatable bonds is 6. The molecular weight excluding hydrogens is 406 g/mol. The first-order valence-corrected chi connectivity index (χ1v) is 12.1. The molecule has 2 aliphatic rings. The molecule has 0 aromatic heterocycles. The summed E-state index contributed by atoms with van der Waals surface area (Å²) in [5.41, 5.74) is 2.25. The quantitative estimate of drug-likeness (QED) is 0.429. The van der Waals surface area contributed by atoms with E-state index in [0.29, 0.717) is 36.0 Å². The highest BCUT2D eigenvalue weighted by Gasteiger charge is 2.31. The average molecular weight is 441 g/mol. The van der Waals surface area contributed by atoms with Gasteiger partial charge < -0.3 is 9.47 Å². The van der Waals surface area contributed by atoms with Crippen molar-refractivity contribution in [2.45, 2.75) is 64.4 Å². The van der Waals surface area contributed by atoms with Gasteiger partial charge in [-0.2, -0.15) is 4.39 Å². The van der Waals surface area contributed by atoms with Crippen LogP contribution in [0.5, 0.6) is 5.75 Å². The van der Waals surface area contributed by atoms with Crippen molar-refractivity contribution in [2.75, 3.05) is 13.2 Å².